The number of allylic oxidation sites excluding steroid dienone is 3. The highest BCUT2D eigenvalue weighted by atomic mass is 16.5. The minimum absolute atomic E-state index is 0.0224. The van der Waals surface area contributed by atoms with Gasteiger partial charge in [-0.1, -0.05) is 289 Å². The molecular weight excluding hydrogens is 839 g/mol. The van der Waals surface area contributed by atoms with E-state index in [1.54, 1.807) is 6.08 Å². The number of ether oxygens (including phenoxy) is 1. The van der Waals surface area contributed by atoms with Crippen molar-refractivity contribution in [2.45, 2.75) is 347 Å². The van der Waals surface area contributed by atoms with Crippen molar-refractivity contribution < 1.29 is 24.5 Å². The Labute approximate surface area is 424 Å². The standard InChI is InChI=1S/C62H119NO5/c1-3-5-7-9-11-13-15-17-19-20-21-22-23-24-25-26-27-28-30-31-34-38-42-46-50-54-60(65)59(58-64)63-61(66)55-51-47-43-39-35-33-37-41-45-49-53-57-68-62(67)56-52-48-44-40-36-32-29-18-16-14-12-10-8-6-4-2/h18,29,50,54,59-60,64-65H,3-17,19-28,30-49,51-53,55-58H2,1-2H3,(H,63,66)/b29-18-,54-50+. The SMILES string of the molecule is CCCCCCCC/C=C\CCCCCCCC(=O)OCCCCCCCCCCCCCC(=O)NC(CO)C(O)/C=C/CCCCCCCCCCCCCCCCCCCCCCCCC. The maximum Gasteiger partial charge on any atom is 0.305 e. The summed E-state index contributed by atoms with van der Waals surface area (Å²) < 4.78 is 5.46. The third-order valence-electron chi connectivity index (χ3n) is 14.2. The number of aliphatic hydroxyl groups excluding tert-OH is 2. The van der Waals surface area contributed by atoms with Crippen molar-refractivity contribution in [2.24, 2.45) is 0 Å². The Morgan fingerprint density at radius 1 is 0.397 bits per heavy atom. The monoisotopic (exact) mass is 958 g/mol. The van der Waals surface area contributed by atoms with E-state index in [0.29, 0.717) is 19.4 Å². The van der Waals surface area contributed by atoms with Crippen LogP contribution in [0.2, 0.25) is 0 Å². The van der Waals surface area contributed by atoms with Crippen molar-refractivity contribution in [3.63, 3.8) is 0 Å². The molecule has 68 heavy (non-hydrogen) atoms. The molecule has 6 heteroatoms. The second-order valence-corrected chi connectivity index (χ2v) is 21.0. The normalized spacial score (nSPS) is 12.7. The molecule has 0 saturated carbocycles. The molecule has 6 nitrogen and oxygen atoms in total. The van der Waals surface area contributed by atoms with Gasteiger partial charge in [-0.3, -0.25) is 9.59 Å². The Morgan fingerprint density at radius 3 is 1.04 bits per heavy atom. The number of rotatable bonds is 57. The molecule has 0 heterocycles. The summed E-state index contributed by atoms with van der Waals surface area (Å²) in [6.07, 6.45) is 70.7. The molecule has 3 N–H and O–H groups in total. The summed E-state index contributed by atoms with van der Waals surface area (Å²) in [5, 5.41) is 23.2. The molecule has 0 aliphatic heterocycles. The van der Waals surface area contributed by atoms with Crippen molar-refractivity contribution in [1.82, 2.24) is 5.32 Å². The van der Waals surface area contributed by atoms with Crippen LogP contribution >= 0.6 is 0 Å². The van der Waals surface area contributed by atoms with E-state index < -0.39 is 12.1 Å². The zero-order valence-corrected chi connectivity index (χ0v) is 45.9. The van der Waals surface area contributed by atoms with Gasteiger partial charge in [0.05, 0.1) is 25.4 Å². The number of hydrogen-bond acceptors (Lipinski definition) is 5. The summed E-state index contributed by atoms with van der Waals surface area (Å²) in [6, 6.07) is -0.643. The van der Waals surface area contributed by atoms with Crippen LogP contribution in [0.15, 0.2) is 24.3 Å². The van der Waals surface area contributed by atoms with E-state index in [4.69, 9.17) is 4.74 Å². The largest absolute Gasteiger partial charge is 0.466 e. The van der Waals surface area contributed by atoms with Gasteiger partial charge in [0.1, 0.15) is 0 Å². The Bertz CT molecular complexity index is 1060. The molecule has 0 fully saturated rings. The second-order valence-electron chi connectivity index (χ2n) is 21.0. The van der Waals surface area contributed by atoms with Gasteiger partial charge in [-0.2, -0.15) is 0 Å². The predicted octanol–water partition coefficient (Wildman–Crippen LogP) is 19.0. The lowest BCUT2D eigenvalue weighted by Gasteiger charge is -2.20. The lowest BCUT2D eigenvalue weighted by molar-refractivity contribution is -0.143. The number of unbranched alkanes of at least 4 members (excludes halogenated alkanes) is 44. The minimum Gasteiger partial charge on any atom is -0.466 e. The number of hydrogen-bond donors (Lipinski definition) is 3. The molecule has 2 unspecified atom stereocenters. The quantitative estimate of drug-likeness (QED) is 0.0321. The van der Waals surface area contributed by atoms with E-state index >= 15 is 0 Å². The minimum atomic E-state index is -0.858. The lowest BCUT2D eigenvalue weighted by atomic mass is 10.0. The van der Waals surface area contributed by atoms with E-state index in [0.717, 1.165) is 57.8 Å². The smallest absolute Gasteiger partial charge is 0.305 e. The van der Waals surface area contributed by atoms with Crippen molar-refractivity contribution in [2.75, 3.05) is 13.2 Å². The molecule has 0 aromatic heterocycles. The van der Waals surface area contributed by atoms with Crippen LogP contribution < -0.4 is 5.32 Å². The fourth-order valence-electron chi connectivity index (χ4n) is 9.51. The summed E-state index contributed by atoms with van der Waals surface area (Å²) in [4.78, 5) is 24.6. The highest BCUT2D eigenvalue weighted by molar-refractivity contribution is 5.76. The van der Waals surface area contributed by atoms with Crippen LogP contribution in [-0.2, 0) is 14.3 Å². The fraction of sp³-hybridized carbons (Fsp3) is 0.903. The molecule has 1 amide bonds. The molecule has 0 bridgehead atoms. The van der Waals surface area contributed by atoms with Gasteiger partial charge in [0.25, 0.3) is 0 Å². The molecule has 0 aromatic carbocycles. The van der Waals surface area contributed by atoms with Gasteiger partial charge < -0.3 is 20.3 Å². The Kier molecular flexibility index (Phi) is 56.5. The van der Waals surface area contributed by atoms with E-state index in [1.165, 1.54) is 250 Å². The van der Waals surface area contributed by atoms with Crippen LogP contribution in [0.1, 0.15) is 335 Å². The number of carbonyl (C=O) groups is 2. The number of esters is 1. The average Bonchev–Trinajstić information content (AvgIpc) is 3.34. The number of carbonyl (C=O) groups excluding carboxylic acids is 2. The topological polar surface area (TPSA) is 95.9 Å². The van der Waals surface area contributed by atoms with Gasteiger partial charge in [-0.25, -0.2) is 0 Å². The van der Waals surface area contributed by atoms with Crippen molar-refractivity contribution in [3.8, 4) is 0 Å². The average molecular weight is 959 g/mol. The number of amides is 1. The van der Waals surface area contributed by atoms with Gasteiger partial charge in [-0.15, -0.1) is 0 Å². The van der Waals surface area contributed by atoms with Crippen LogP contribution in [0.5, 0.6) is 0 Å². The van der Waals surface area contributed by atoms with Crippen LogP contribution in [0.4, 0.5) is 0 Å². The van der Waals surface area contributed by atoms with Crippen LogP contribution in [0.25, 0.3) is 0 Å². The van der Waals surface area contributed by atoms with Gasteiger partial charge in [0.15, 0.2) is 0 Å². The van der Waals surface area contributed by atoms with Gasteiger partial charge >= 0.3 is 5.97 Å². The molecular formula is C62H119NO5. The number of aliphatic hydroxyl groups is 2. The zero-order valence-electron chi connectivity index (χ0n) is 45.9. The van der Waals surface area contributed by atoms with E-state index in [2.05, 4.69) is 31.3 Å². The molecule has 0 aliphatic rings. The molecule has 0 aromatic rings. The predicted molar refractivity (Wildman–Crippen MR) is 296 cm³/mol. The van der Waals surface area contributed by atoms with Crippen molar-refractivity contribution >= 4 is 11.9 Å². The first kappa shape index (κ1) is 66.3. The molecule has 0 radical (unpaired) electrons. The van der Waals surface area contributed by atoms with Crippen LogP contribution in [-0.4, -0.2) is 47.4 Å². The Hall–Kier alpha value is -1.66. The first-order valence-electron chi connectivity index (χ1n) is 30.6. The van der Waals surface area contributed by atoms with Crippen molar-refractivity contribution in [1.29, 1.82) is 0 Å². The lowest BCUT2D eigenvalue weighted by Crippen LogP contribution is -2.45. The summed E-state index contributed by atoms with van der Waals surface area (Å²) >= 11 is 0. The van der Waals surface area contributed by atoms with Gasteiger partial charge in [-0.05, 0) is 57.8 Å². The maximum atomic E-state index is 12.5. The third-order valence-corrected chi connectivity index (χ3v) is 14.2. The molecule has 2 atom stereocenters. The first-order valence-corrected chi connectivity index (χ1v) is 30.6. The molecule has 402 valence electrons. The Morgan fingerprint density at radius 2 is 0.691 bits per heavy atom. The highest BCUT2D eigenvalue weighted by Crippen LogP contribution is 2.17. The maximum absolute atomic E-state index is 12.5. The fourth-order valence-corrected chi connectivity index (χ4v) is 9.51. The summed E-state index contributed by atoms with van der Waals surface area (Å²) in [5.41, 5.74) is 0. The Balaban J connectivity index is 3.49. The van der Waals surface area contributed by atoms with Crippen LogP contribution in [0.3, 0.4) is 0 Å². The first-order chi connectivity index (χ1) is 33.5. The van der Waals surface area contributed by atoms with E-state index in [9.17, 15) is 19.8 Å². The molecule has 0 spiro atoms. The third kappa shape index (κ3) is 53.7. The summed E-state index contributed by atoms with van der Waals surface area (Å²) in [6.45, 7) is 4.88. The van der Waals surface area contributed by atoms with Crippen molar-refractivity contribution in [3.05, 3.63) is 24.3 Å². The number of nitrogens with one attached hydrogen (secondary N) is 1. The highest BCUT2D eigenvalue weighted by Gasteiger charge is 2.18. The zero-order chi connectivity index (χ0) is 49.3. The van der Waals surface area contributed by atoms with E-state index in [-0.39, 0.29) is 18.5 Å². The molecule has 0 rings (SSSR count). The molecule has 0 saturated heterocycles. The summed E-state index contributed by atoms with van der Waals surface area (Å²) in [7, 11) is 0. The molecule has 0 aliphatic carbocycles. The second kappa shape index (κ2) is 57.9. The van der Waals surface area contributed by atoms with Crippen LogP contribution in [0, 0.1) is 0 Å². The summed E-state index contributed by atoms with van der Waals surface area (Å²) in [5.74, 6) is -0.106. The van der Waals surface area contributed by atoms with Gasteiger partial charge in [0.2, 0.25) is 5.91 Å². The van der Waals surface area contributed by atoms with Gasteiger partial charge in [0, 0.05) is 12.8 Å². The van der Waals surface area contributed by atoms with E-state index in [1.807, 2.05) is 6.08 Å².